The van der Waals surface area contributed by atoms with E-state index in [9.17, 15) is 9.59 Å². The van der Waals surface area contributed by atoms with Gasteiger partial charge in [-0.2, -0.15) is 0 Å². The Morgan fingerprint density at radius 1 is 1.39 bits per heavy atom. The van der Waals surface area contributed by atoms with E-state index in [1.54, 1.807) is 9.80 Å². The molecule has 100 valence electrons. The molecule has 0 aromatic carbocycles. The summed E-state index contributed by atoms with van der Waals surface area (Å²) in [5.74, 6) is -1.01. The maximum atomic E-state index is 12.2. The van der Waals surface area contributed by atoms with Crippen LogP contribution >= 0.6 is 0 Å². The molecule has 0 spiro atoms. The SMILES string of the molecule is CC1=CCN(C(=O)N2CCOC(C(=O)O)C2)CC1. The molecule has 0 saturated carbocycles. The molecule has 6 nitrogen and oxygen atoms in total. The Morgan fingerprint density at radius 3 is 2.78 bits per heavy atom. The molecule has 0 aromatic heterocycles. The average Bonchev–Trinajstić information content (AvgIpc) is 2.39. The van der Waals surface area contributed by atoms with Crippen LogP contribution in [-0.2, 0) is 9.53 Å². The van der Waals surface area contributed by atoms with E-state index < -0.39 is 12.1 Å². The van der Waals surface area contributed by atoms with Gasteiger partial charge in [0.2, 0.25) is 0 Å². The molecular formula is C12H18N2O4. The number of carboxylic acid groups (broad SMARTS) is 1. The summed E-state index contributed by atoms with van der Waals surface area (Å²) in [7, 11) is 0. The molecule has 0 radical (unpaired) electrons. The molecule has 1 N–H and O–H groups in total. The summed E-state index contributed by atoms with van der Waals surface area (Å²) in [6.07, 6.45) is 2.03. The van der Waals surface area contributed by atoms with Gasteiger partial charge < -0.3 is 19.6 Å². The molecule has 1 atom stereocenters. The lowest BCUT2D eigenvalue weighted by Gasteiger charge is -2.36. The second-order valence-electron chi connectivity index (χ2n) is 4.67. The van der Waals surface area contributed by atoms with Gasteiger partial charge >= 0.3 is 12.0 Å². The summed E-state index contributed by atoms with van der Waals surface area (Å²) >= 11 is 0. The fraction of sp³-hybridized carbons (Fsp3) is 0.667. The minimum Gasteiger partial charge on any atom is -0.479 e. The molecule has 0 aliphatic carbocycles. The maximum Gasteiger partial charge on any atom is 0.334 e. The number of carbonyl (C=O) groups is 2. The van der Waals surface area contributed by atoms with E-state index in [1.165, 1.54) is 5.57 Å². The van der Waals surface area contributed by atoms with Crippen LogP contribution in [-0.4, -0.2) is 65.8 Å². The first-order valence-corrected chi connectivity index (χ1v) is 6.12. The summed E-state index contributed by atoms with van der Waals surface area (Å²) in [6, 6.07) is -0.0895. The highest BCUT2D eigenvalue weighted by atomic mass is 16.5. The number of morpholine rings is 1. The van der Waals surface area contributed by atoms with Crippen molar-refractivity contribution in [1.29, 1.82) is 0 Å². The number of hydrogen-bond acceptors (Lipinski definition) is 3. The Balaban J connectivity index is 1.94. The van der Waals surface area contributed by atoms with Gasteiger partial charge in [0.05, 0.1) is 13.2 Å². The predicted octanol–water partition coefficient (Wildman–Crippen LogP) is 0.544. The van der Waals surface area contributed by atoms with E-state index in [0.717, 1.165) is 6.42 Å². The van der Waals surface area contributed by atoms with Crippen molar-refractivity contribution in [3.63, 3.8) is 0 Å². The topological polar surface area (TPSA) is 70.1 Å². The van der Waals surface area contributed by atoms with Crippen molar-refractivity contribution in [3.8, 4) is 0 Å². The summed E-state index contributed by atoms with van der Waals surface area (Å²) in [4.78, 5) is 26.4. The van der Waals surface area contributed by atoms with Gasteiger partial charge in [-0.15, -0.1) is 0 Å². The number of carbonyl (C=O) groups excluding carboxylic acids is 1. The van der Waals surface area contributed by atoms with Crippen molar-refractivity contribution in [3.05, 3.63) is 11.6 Å². The lowest BCUT2D eigenvalue weighted by Crippen LogP contribution is -2.53. The fourth-order valence-electron chi connectivity index (χ4n) is 2.12. The van der Waals surface area contributed by atoms with E-state index in [4.69, 9.17) is 9.84 Å². The van der Waals surface area contributed by atoms with Crippen LogP contribution in [0.2, 0.25) is 0 Å². The number of ether oxygens (including phenoxy) is 1. The molecule has 6 heteroatoms. The van der Waals surface area contributed by atoms with E-state index >= 15 is 0 Å². The third-order valence-corrected chi connectivity index (χ3v) is 3.32. The van der Waals surface area contributed by atoms with Crippen LogP contribution in [0.15, 0.2) is 11.6 Å². The lowest BCUT2D eigenvalue weighted by atomic mass is 10.1. The van der Waals surface area contributed by atoms with Gasteiger partial charge in [-0.3, -0.25) is 0 Å². The summed E-state index contributed by atoms with van der Waals surface area (Å²) in [5, 5.41) is 8.90. The Kier molecular flexibility index (Phi) is 3.86. The highest BCUT2D eigenvalue weighted by Gasteiger charge is 2.31. The second-order valence-corrected chi connectivity index (χ2v) is 4.67. The van der Waals surface area contributed by atoms with Gasteiger partial charge in [-0.1, -0.05) is 11.6 Å². The number of amides is 2. The number of nitrogens with zero attached hydrogens (tertiary/aromatic N) is 2. The standard InChI is InChI=1S/C12H18N2O4/c1-9-2-4-13(5-3-9)12(17)14-6-7-18-10(8-14)11(15)16/h2,10H,3-8H2,1H3,(H,15,16). The normalized spacial score (nSPS) is 24.7. The van der Waals surface area contributed by atoms with Crippen LogP contribution in [0, 0.1) is 0 Å². The Labute approximate surface area is 106 Å². The molecule has 0 bridgehead atoms. The molecule has 2 heterocycles. The largest absolute Gasteiger partial charge is 0.479 e. The predicted molar refractivity (Wildman–Crippen MR) is 64.3 cm³/mol. The van der Waals surface area contributed by atoms with Crippen molar-refractivity contribution in [2.75, 3.05) is 32.8 Å². The minimum atomic E-state index is -1.01. The Hall–Kier alpha value is -1.56. The lowest BCUT2D eigenvalue weighted by molar-refractivity contribution is -0.154. The number of hydrogen-bond donors (Lipinski definition) is 1. The van der Waals surface area contributed by atoms with Crippen molar-refractivity contribution in [2.24, 2.45) is 0 Å². The van der Waals surface area contributed by atoms with E-state index in [-0.39, 0.29) is 19.2 Å². The highest BCUT2D eigenvalue weighted by molar-refractivity contribution is 5.77. The summed E-state index contributed by atoms with van der Waals surface area (Å²) < 4.78 is 5.10. The highest BCUT2D eigenvalue weighted by Crippen LogP contribution is 2.14. The molecule has 0 aromatic rings. The zero-order chi connectivity index (χ0) is 13.1. The zero-order valence-electron chi connectivity index (χ0n) is 10.5. The van der Waals surface area contributed by atoms with Crippen LogP contribution in [0.25, 0.3) is 0 Å². The third kappa shape index (κ3) is 2.81. The quantitative estimate of drug-likeness (QED) is 0.693. The van der Waals surface area contributed by atoms with Crippen LogP contribution in [0.5, 0.6) is 0 Å². The van der Waals surface area contributed by atoms with Gasteiger partial charge in [0.1, 0.15) is 0 Å². The maximum absolute atomic E-state index is 12.2. The van der Waals surface area contributed by atoms with Gasteiger partial charge in [-0.05, 0) is 13.3 Å². The van der Waals surface area contributed by atoms with Gasteiger partial charge in [0.15, 0.2) is 6.10 Å². The third-order valence-electron chi connectivity index (χ3n) is 3.32. The molecule has 1 fully saturated rings. The van der Waals surface area contributed by atoms with E-state index in [0.29, 0.717) is 19.6 Å². The van der Waals surface area contributed by atoms with Crippen molar-refractivity contribution in [1.82, 2.24) is 9.80 Å². The first kappa shape index (κ1) is 12.9. The van der Waals surface area contributed by atoms with E-state index in [2.05, 4.69) is 6.92 Å². The Morgan fingerprint density at radius 2 is 2.17 bits per heavy atom. The molecule has 1 unspecified atom stereocenters. The van der Waals surface area contributed by atoms with Crippen molar-refractivity contribution in [2.45, 2.75) is 19.4 Å². The molecule has 2 rings (SSSR count). The number of aliphatic carboxylic acids is 1. The van der Waals surface area contributed by atoms with E-state index in [1.807, 2.05) is 6.08 Å². The number of urea groups is 1. The molecule has 18 heavy (non-hydrogen) atoms. The molecule has 1 saturated heterocycles. The first-order valence-electron chi connectivity index (χ1n) is 6.12. The van der Waals surface area contributed by atoms with Crippen LogP contribution in [0.4, 0.5) is 4.79 Å². The zero-order valence-corrected chi connectivity index (χ0v) is 10.5. The second kappa shape index (κ2) is 5.39. The van der Waals surface area contributed by atoms with Crippen LogP contribution < -0.4 is 0 Å². The molecule has 2 aliphatic heterocycles. The fourth-order valence-corrected chi connectivity index (χ4v) is 2.12. The summed E-state index contributed by atoms with van der Waals surface area (Å²) in [6.45, 7) is 4.24. The van der Waals surface area contributed by atoms with Crippen molar-refractivity contribution >= 4 is 12.0 Å². The molecule has 2 amide bonds. The smallest absolute Gasteiger partial charge is 0.334 e. The first-order chi connectivity index (χ1) is 8.58. The summed E-state index contributed by atoms with van der Waals surface area (Å²) in [5.41, 5.74) is 1.30. The Bertz CT molecular complexity index is 380. The molecular weight excluding hydrogens is 236 g/mol. The minimum absolute atomic E-state index is 0.0895. The number of carboxylic acids is 1. The van der Waals surface area contributed by atoms with Crippen molar-refractivity contribution < 1.29 is 19.4 Å². The van der Waals surface area contributed by atoms with Crippen LogP contribution in [0.3, 0.4) is 0 Å². The van der Waals surface area contributed by atoms with Gasteiger partial charge in [-0.25, -0.2) is 9.59 Å². The van der Waals surface area contributed by atoms with Gasteiger partial charge in [0, 0.05) is 19.6 Å². The van der Waals surface area contributed by atoms with Crippen LogP contribution in [0.1, 0.15) is 13.3 Å². The molecule has 2 aliphatic rings. The van der Waals surface area contributed by atoms with Gasteiger partial charge in [0.25, 0.3) is 0 Å². The number of rotatable bonds is 1. The average molecular weight is 254 g/mol. The monoisotopic (exact) mass is 254 g/mol.